The normalized spacial score (nSPS) is 11.1. The summed E-state index contributed by atoms with van der Waals surface area (Å²) in [6.45, 7) is 0. The maximum Gasteiger partial charge on any atom is 0.127 e. The van der Waals surface area contributed by atoms with E-state index in [2.05, 4.69) is 17.1 Å². The molecule has 0 saturated carbocycles. The number of allylic oxidation sites excluding steroid dienone is 1. The van der Waals surface area contributed by atoms with Gasteiger partial charge in [0.15, 0.2) is 0 Å². The molecule has 0 radical (unpaired) electrons. The van der Waals surface area contributed by atoms with Gasteiger partial charge in [-0.05, 0) is 48.0 Å². The van der Waals surface area contributed by atoms with Crippen molar-refractivity contribution in [1.29, 1.82) is 0 Å². The number of para-hydroxylation sites is 1. The van der Waals surface area contributed by atoms with Gasteiger partial charge in [0.1, 0.15) is 11.5 Å². The molecule has 112 valence electrons. The lowest BCUT2D eigenvalue weighted by Crippen LogP contribution is -1.82. The fourth-order valence-corrected chi connectivity index (χ4v) is 2.07. The molecule has 0 amide bonds. The monoisotopic (exact) mass is 299 g/mol. The fraction of sp³-hybridized carbons (Fsp3) is 0. The number of rotatable bonds is 5. The molecular formula is C21H17NO. The van der Waals surface area contributed by atoms with Gasteiger partial charge in [-0.1, -0.05) is 54.6 Å². The van der Waals surface area contributed by atoms with Crippen LogP contribution in [0.15, 0.2) is 96.0 Å². The van der Waals surface area contributed by atoms with E-state index in [0.29, 0.717) is 0 Å². The molecule has 0 fully saturated rings. The van der Waals surface area contributed by atoms with Crippen molar-refractivity contribution in [2.24, 2.45) is 4.99 Å². The molecule has 2 heteroatoms. The first-order chi connectivity index (χ1) is 11.4. The van der Waals surface area contributed by atoms with Crippen LogP contribution in [0.4, 0.5) is 5.69 Å². The van der Waals surface area contributed by atoms with E-state index >= 15 is 0 Å². The van der Waals surface area contributed by atoms with Gasteiger partial charge in [0, 0.05) is 6.21 Å². The lowest BCUT2D eigenvalue weighted by molar-refractivity contribution is 0.483. The summed E-state index contributed by atoms with van der Waals surface area (Å²) < 4.78 is 5.75. The molecular weight excluding hydrogens is 282 g/mol. The minimum atomic E-state index is 0.801. The largest absolute Gasteiger partial charge is 0.457 e. The quantitative estimate of drug-likeness (QED) is 0.538. The lowest BCUT2D eigenvalue weighted by atomic mass is 10.2. The van der Waals surface area contributed by atoms with Crippen LogP contribution < -0.4 is 4.74 Å². The van der Waals surface area contributed by atoms with Crippen LogP contribution in [0.3, 0.4) is 0 Å². The maximum absolute atomic E-state index is 5.75. The van der Waals surface area contributed by atoms with Crippen molar-refractivity contribution in [1.82, 2.24) is 0 Å². The summed E-state index contributed by atoms with van der Waals surface area (Å²) in [5.74, 6) is 1.63. The van der Waals surface area contributed by atoms with E-state index in [0.717, 1.165) is 22.7 Å². The van der Waals surface area contributed by atoms with Crippen molar-refractivity contribution in [2.45, 2.75) is 0 Å². The Morgan fingerprint density at radius 2 is 1.26 bits per heavy atom. The Morgan fingerprint density at radius 1 is 0.652 bits per heavy atom. The first-order valence-corrected chi connectivity index (χ1v) is 7.49. The van der Waals surface area contributed by atoms with Gasteiger partial charge < -0.3 is 4.74 Å². The van der Waals surface area contributed by atoms with Crippen LogP contribution in [0.1, 0.15) is 5.56 Å². The molecule has 0 aliphatic rings. The van der Waals surface area contributed by atoms with E-state index in [-0.39, 0.29) is 0 Å². The van der Waals surface area contributed by atoms with Crippen LogP contribution in [0.2, 0.25) is 0 Å². The number of benzene rings is 3. The van der Waals surface area contributed by atoms with Gasteiger partial charge >= 0.3 is 0 Å². The van der Waals surface area contributed by atoms with E-state index in [9.17, 15) is 0 Å². The molecule has 0 saturated heterocycles. The number of aliphatic imine (C=N–C) groups is 1. The zero-order chi connectivity index (χ0) is 15.7. The average molecular weight is 299 g/mol. The molecule has 0 aliphatic heterocycles. The Bertz CT molecular complexity index is 775. The molecule has 0 N–H and O–H groups in total. The zero-order valence-corrected chi connectivity index (χ0v) is 12.7. The predicted molar refractivity (Wildman–Crippen MR) is 96.6 cm³/mol. The third-order valence-corrected chi connectivity index (χ3v) is 3.21. The summed E-state index contributed by atoms with van der Waals surface area (Å²) in [7, 11) is 0. The summed E-state index contributed by atoms with van der Waals surface area (Å²) in [5.41, 5.74) is 2.05. The Morgan fingerprint density at radius 3 is 1.96 bits per heavy atom. The molecule has 0 aromatic heterocycles. The van der Waals surface area contributed by atoms with Gasteiger partial charge in [-0.25, -0.2) is 0 Å². The highest BCUT2D eigenvalue weighted by atomic mass is 16.5. The van der Waals surface area contributed by atoms with Gasteiger partial charge in [-0.15, -0.1) is 0 Å². The molecule has 3 aromatic rings. The second-order valence-electron chi connectivity index (χ2n) is 4.96. The molecule has 23 heavy (non-hydrogen) atoms. The van der Waals surface area contributed by atoms with E-state index in [1.54, 1.807) is 6.21 Å². The average Bonchev–Trinajstić information content (AvgIpc) is 2.62. The molecule has 3 rings (SSSR count). The minimum absolute atomic E-state index is 0.801. The standard InChI is InChI=1S/C21H17NO/c1-3-8-18(9-4-1)10-7-17-22-19-13-15-21(16-14-19)23-20-11-5-2-6-12-20/h1-17H/b10-7-,22-17?. The third kappa shape index (κ3) is 4.68. The van der Waals surface area contributed by atoms with Crippen LogP contribution >= 0.6 is 0 Å². The van der Waals surface area contributed by atoms with Gasteiger partial charge in [0.2, 0.25) is 0 Å². The summed E-state index contributed by atoms with van der Waals surface area (Å²) in [4.78, 5) is 4.40. The van der Waals surface area contributed by atoms with Gasteiger partial charge in [-0.3, -0.25) is 4.99 Å². The molecule has 3 aromatic carbocycles. The van der Waals surface area contributed by atoms with Crippen LogP contribution in [0.25, 0.3) is 6.08 Å². The number of hydrogen-bond acceptors (Lipinski definition) is 2. The molecule has 0 spiro atoms. The summed E-state index contributed by atoms with van der Waals surface area (Å²) >= 11 is 0. The molecule has 0 aliphatic carbocycles. The molecule has 0 heterocycles. The summed E-state index contributed by atoms with van der Waals surface area (Å²) in [6, 6.07) is 27.6. The highest BCUT2D eigenvalue weighted by molar-refractivity contribution is 5.80. The Balaban J connectivity index is 1.59. The molecule has 0 unspecified atom stereocenters. The second kappa shape index (κ2) is 7.76. The Hall–Kier alpha value is -3.13. The third-order valence-electron chi connectivity index (χ3n) is 3.21. The molecule has 0 atom stereocenters. The topological polar surface area (TPSA) is 21.6 Å². The minimum Gasteiger partial charge on any atom is -0.457 e. The second-order valence-corrected chi connectivity index (χ2v) is 4.96. The van der Waals surface area contributed by atoms with Crippen LogP contribution in [0, 0.1) is 0 Å². The number of nitrogens with zero attached hydrogens (tertiary/aromatic N) is 1. The van der Waals surface area contributed by atoms with Crippen molar-refractivity contribution in [3.63, 3.8) is 0 Å². The highest BCUT2D eigenvalue weighted by Gasteiger charge is 1.96. The molecule has 2 nitrogen and oxygen atoms in total. The van der Waals surface area contributed by atoms with E-state index in [4.69, 9.17) is 4.74 Å². The van der Waals surface area contributed by atoms with Crippen molar-refractivity contribution >= 4 is 18.0 Å². The van der Waals surface area contributed by atoms with E-state index in [1.807, 2.05) is 84.9 Å². The maximum atomic E-state index is 5.75. The smallest absolute Gasteiger partial charge is 0.127 e. The number of hydrogen-bond donors (Lipinski definition) is 0. The summed E-state index contributed by atoms with van der Waals surface area (Å²) in [5, 5.41) is 0. The SMILES string of the molecule is C(/C=C\c1ccccc1)=Nc1ccc(Oc2ccccc2)cc1. The Labute approximate surface area is 136 Å². The van der Waals surface area contributed by atoms with Crippen molar-refractivity contribution in [3.05, 3.63) is 96.6 Å². The summed E-state index contributed by atoms with van der Waals surface area (Å²) in [6.07, 6.45) is 5.75. The molecule has 0 bridgehead atoms. The van der Waals surface area contributed by atoms with Gasteiger partial charge in [-0.2, -0.15) is 0 Å². The zero-order valence-electron chi connectivity index (χ0n) is 12.7. The lowest BCUT2D eigenvalue weighted by Gasteiger charge is -2.04. The van der Waals surface area contributed by atoms with Crippen LogP contribution in [0.5, 0.6) is 11.5 Å². The highest BCUT2D eigenvalue weighted by Crippen LogP contribution is 2.23. The van der Waals surface area contributed by atoms with Gasteiger partial charge in [0.25, 0.3) is 0 Å². The number of ether oxygens (including phenoxy) is 1. The Kier molecular flexibility index (Phi) is 4.99. The van der Waals surface area contributed by atoms with E-state index in [1.165, 1.54) is 0 Å². The van der Waals surface area contributed by atoms with Crippen LogP contribution in [-0.4, -0.2) is 6.21 Å². The van der Waals surface area contributed by atoms with Crippen LogP contribution in [-0.2, 0) is 0 Å². The van der Waals surface area contributed by atoms with Crippen molar-refractivity contribution in [3.8, 4) is 11.5 Å². The first-order valence-electron chi connectivity index (χ1n) is 7.49. The first kappa shape index (κ1) is 14.8. The predicted octanol–water partition coefficient (Wildman–Crippen LogP) is 5.89. The fourth-order valence-electron chi connectivity index (χ4n) is 2.07. The van der Waals surface area contributed by atoms with Crippen molar-refractivity contribution < 1.29 is 4.74 Å². The van der Waals surface area contributed by atoms with E-state index < -0.39 is 0 Å². The van der Waals surface area contributed by atoms with Crippen molar-refractivity contribution in [2.75, 3.05) is 0 Å². The van der Waals surface area contributed by atoms with Gasteiger partial charge in [0.05, 0.1) is 5.69 Å².